The van der Waals surface area contributed by atoms with Crippen molar-refractivity contribution in [1.82, 2.24) is 14.7 Å². The van der Waals surface area contributed by atoms with E-state index in [4.69, 9.17) is 14.2 Å². The number of sulfone groups is 1. The quantitative estimate of drug-likeness (QED) is 0.183. The van der Waals surface area contributed by atoms with Crippen molar-refractivity contribution in [2.24, 2.45) is 0 Å². The molecule has 12 nitrogen and oxygen atoms in total. The van der Waals surface area contributed by atoms with E-state index >= 15 is 0 Å². The molecule has 0 aliphatic carbocycles. The van der Waals surface area contributed by atoms with Crippen molar-refractivity contribution in [2.75, 3.05) is 57.8 Å². The lowest BCUT2D eigenvalue weighted by Gasteiger charge is -2.20. The van der Waals surface area contributed by atoms with Gasteiger partial charge in [-0.15, -0.1) is 5.10 Å². The Morgan fingerprint density at radius 1 is 0.938 bits per heavy atom. The monoisotopic (exact) mass is 685 g/mol. The second-order valence-electron chi connectivity index (χ2n) is 11.5. The molecule has 48 heavy (non-hydrogen) atoms. The van der Waals surface area contributed by atoms with Crippen molar-refractivity contribution in [3.63, 3.8) is 0 Å². The fourth-order valence-electron chi connectivity index (χ4n) is 5.53. The Morgan fingerprint density at radius 3 is 2.35 bits per heavy atom. The van der Waals surface area contributed by atoms with Gasteiger partial charge in [-0.05, 0) is 80.9 Å². The van der Waals surface area contributed by atoms with Gasteiger partial charge in [0.15, 0.2) is 5.82 Å². The molecule has 0 saturated carbocycles. The van der Waals surface area contributed by atoms with Crippen molar-refractivity contribution < 1.29 is 41.0 Å². The first-order valence-corrected chi connectivity index (χ1v) is 16.8. The molecular weight excluding hydrogens is 648 g/mol. The van der Waals surface area contributed by atoms with Crippen LogP contribution in [0.4, 0.5) is 25.1 Å². The number of amides is 1. The third-order valence-electron chi connectivity index (χ3n) is 7.78. The van der Waals surface area contributed by atoms with E-state index in [1.165, 1.54) is 25.3 Å². The van der Waals surface area contributed by atoms with E-state index in [0.717, 1.165) is 42.7 Å². The van der Waals surface area contributed by atoms with E-state index in [1.54, 1.807) is 13.2 Å². The maximum Gasteiger partial charge on any atom is 0.435 e. The first-order chi connectivity index (χ1) is 23.0. The molecule has 0 spiro atoms. The van der Waals surface area contributed by atoms with Crippen LogP contribution in [0.2, 0.25) is 0 Å². The number of hydrogen-bond acceptors (Lipinski definition) is 10. The number of methoxy groups -OCH3 is 2. The Balaban J connectivity index is 1.54. The summed E-state index contributed by atoms with van der Waals surface area (Å²) in [6.07, 6.45) is 1.38. The lowest BCUT2D eigenvalue weighted by atomic mass is 10.1. The van der Waals surface area contributed by atoms with Crippen molar-refractivity contribution in [1.29, 1.82) is 0 Å². The molecule has 1 aliphatic heterocycles. The second kappa shape index (κ2) is 15.2. The highest BCUT2D eigenvalue weighted by Gasteiger charge is 2.25. The van der Waals surface area contributed by atoms with E-state index in [2.05, 4.69) is 20.6 Å². The van der Waals surface area contributed by atoms with E-state index < -0.39 is 38.4 Å². The number of rotatable bonds is 13. The summed E-state index contributed by atoms with van der Waals surface area (Å²) < 4.78 is 71.1. The number of nitrogens with one attached hydrogen (secondary N) is 2. The van der Waals surface area contributed by atoms with Gasteiger partial charge in [-0.1, -0.05) is 6.07 Å². The lowest BCUT2D eigenvalue weighted by molar-refractivity contribution is 0.0980. The van der Waals surface area contributed by atoms with Gasteiger partial charge in [0.2, 0.25) is 9.84 Å². The summed E-state index contributed by atoms with van der Waals surface area (Å²) in [5.41, 5.74) is 1.95. The minimum atomic E-state index is -4.43. The molecule has 0 radical (unpaired) electrons. The number of halogens is 2. The van der Waals surface area contributed by atoms with Gasteiger partial charge in [-0.2, -0.15) is 4.68 Å². The summed E-state index contributed by atoms with van der Waals surface area (Å²) in [6, 6.07) is 10.9. The lowest BCUT2D eigenvalue weighted by Crippen LogP contribution is -2.24. The minimum absolute atomic E-state index is 0.0675. The van der Waals surface area contributed by atoms with Gasteiger partial charge in [0.05, 0.1) is 34.1 Å². The number of carbonyl (C=O) groups excluding carboxylic acids is 2. The fraction of sp³-hybridized carbons (Fsp3) is 0.364. The average molecular weight is 686 g/mol. The zero-order chi connectivity index (χ0) is 34.4. The van der Waals surface area contributed by atoms with E-state index in [-0.39, 0.29) is 46.4 Å². The second-order valence-corrected chi connectivity index (χ2v) is 13.4. The van der Waals surface area contributed by atoms with Crippen LogP contribution in [0, 0.1) is 11.6 Å². The molecule has 1 aliphatic rings. The maximum absolute atomic E-state index is 14.0. The Hall–Kier alpha value is -4.44. The molecule has 0 bridgehead atoms. The Bertz CT molecular complexity index is 1890. The standard InChI is InChI=1S/C33H37F2N5O7S/c1-21(20-46-3)36-29-14-22(19-39-10-4-5-11-39)6-8-27(29)32(41)37-31-28-18-25(48(43,44)26-16-23(34)15-24(35)17-26)7-9-30(28)40(38-31)33(42)47-13-12-45-2/h6-9,14-18,21,36H,4-5,10-13,19-20H2,1-3H3,(H,37,38,41)/t21-/m1/s1. The van der Waals surface area contributed by atoms with Crippen molar-refractivity contribution in [2.45, 2.75) is 42.1 Å². The van der Waals surface area contributed by atoms with Crippen LogP contribution in [0.25, 0.3) is 10.9 Å². The van der Waals surface area contributed by atoms with Crippen LogP contribution < -0.4 is 10.6 Å². The summed E-state index contributed by atoms with van der Waals surface area (Å²) in [5.74, 6) is -2.86. The van der Waals surface area contributed by atoms with Crippen LogP contribution in [0.15, 0.2) is 64.4 Å². The molecule has 1 amide bonds. The van der Waals surface area contributed by atoms with E-state index in [0.29, 0.717) is 30.5 Å². The number of carbonyl (C=O) groups is 2. The van der Waals surface area contributed by atoms with Gasteiger partial charge in [-0.3, -0.25) is 9.69 Å². The van der Waals surface area contributed by atoms with Gasteiger partial charge in [-0.25, -0.2) is 22.0 Å². The third kappa shape index (κ3) is 7.98. The fourth-order valence-corrected chi connectivity index (χ4v) is 6.86. The molecule has 1 atom stereocenters. The first kappa shape index (κ1) is 34.9. The highest BCUT2D eigenvalue weighted by Crippen LogP contribution is 2.31. The maximum atomic E-state index is 14.0. The number of aromatic nitrogens is 2. The van der Waals surface area contributed by atoms with Gasteiger partial charge < -0.3 is 24.8 Å². The van der Waals surface area contributed by atoms with Crippen molar-refractivity contribution >= 4 is 44.2 Å². The molecule has 2 heterocycles. The predicted octanol–water partition coefficient (Wildman–Crippen LogP) is 5.07. The van der Waals surface area contributed by atoms with Crippen LogP contribution in [0.3, 0.4) is 0 Å². The summed E-state index contributed by atoms with van der Waals surface area (Å²) in [5, 5.41) is 10.4. The van der Waals surface area contributed by atoms with Crippen LogP contribution in [-0.2, 0) is 30.6 Å². The molecule has 3 aromatic carbocycles. The highest BCUT2D eigenvalue weighted by atomic mass is 32.2. The van der Waals surface area contributed by atoms with Crippen LogP contribution >= 0.6 is 0 Å². The topological polar surface area (TPSA) is 141 Å². The zero-order valence-electron chi connectivity index (χ0n) is 26.8. The van der Waals surface area contributed by atoms with E-state index in [9.17, 15) is 26.8 Å². The van der Waals surface area contributed by atoms with Crippen LogP contribution in [0.1, 0.15) is 35.7 Å². The molecule has 2 N–H and O–H groups in total. The van der Waals surface area contributed by atoms with Gasteiger partial charge in [0.1, 0.15) is 18.2 Å². The summed E-state index contributed by atoms with van der Waals surface area (Å²) >= 11 is 0. The third-order valence-corrected chi connectivity index (χ3v) is 9.51. The number of benzene rings is 3. The molecule has 15 heteroatoms. The number of fused-ring (bicyclic) bond motifs is 1. The number of anilines is 2. The van der Waals surface area contributed by atoms with Crippen LogP contribution in [0.5, 0.6) is 0 Å². The predicted molar refractivity (Wildman–Crippen MR) is 174 cm³/mol. The Kier molecular flexibility index (Phi) is 11.0. The SMILES string of the molecule is COCCOC(=O)n1nc(NC(=O)c2ccc(CN3CCCC3)cc2N[C@H](C)COC)c2cc(S(=O)(=O)c3cc(F)cc(F)c3)ccc21. The Morgan fingerprint density at radius 2 is 1.67 bits per heavy atom. The van der Waals surface area contributed by atoms with Gasteiger partial charge in [0.25, 0.3) is 5.91 Å². The summed E-state index contributed by atoms with van der Waals surface area (Å²) in [7, 11) is -1.41. The van der Waals surface area contributed by atoms with Gasteiger partial charge in [0, 0.05) is 43.9 Å². The molecule has 5 rings (SSSR count). The molecule has 0 unspecified atom stereocenters. The molecular formula is C33H37F2N5O7S. The Labute approximate surface area is 276 Å². The normalized spacial score (nSPS) is 14.3. The number of nitrogens with zero attached hydrogens (tertiary/aromatic N) is 3. The largest absolute Gasteiger partial charge is 0.445 e. The van der Waals surface area contributed by atoms with E-state index in [1.807, 2.05) is 19.1 Å². The van der Waals surface area contributed by atoms with Crippen molar-refractivity contribution in [3.8, 4) is 0 Å². The zero-order valence-corrected chi connectivity index (χ0v) is 27.6. The molecule has 4 aromatic rings. The number of ether oxygens (including phenoxy) is 3. The smallest absolute Gasteiger partial charge is 0.435 e. The summed E-state index contributed by atoms with van der Waals surface area (Å²) in [4.78, 5) is 28.2. The van der Waals surface area contributed by atoms with Gasteiger partial charge >= 0.3 is 6.09 Å². The number of hydrogen-bond donors (Lipinski definition) is 2. The summed E-state index contributed by atoms with van der Waals surface area (Å²) in [6.45, 7) is 5.04. The van der Waals surface area contributed by atoms with Crippen LogP contribution in [-0.4, -0.2) is 88.3 Å². The highest BCUT2D eigenvalue weighted by molar-refractivity contribution is 7.91. The molecule has 1 saturated heterocycles. The van der Waals surface area contributed by atoms with Crippen molar-refractivity contribution in [3.05, 3.63) is 77.4 Å². The minimum Gasteiger partial charge on any atom is -0.445 e. The first-order valence-electron chi connectivity index (χ1n) is 15.3. The average Bonchev–Trinajstić information content (AvgIpc) is 3.68. The number of likely N-dealkylation sites (tertiary alicyclic amines) is 1. The molecule has 1 fully saturated rings. The molecule has 1 aromatic heterocycles. The molecule has 256 valence electrons.